The van der Waals surface area contributed by atoms with Gasteiger partial charge < -0.3 is 10.1 Å². The summed E-state index contributed by atoms with van der Waals surface area (Å²) >= 11 is 0. The van der Waals surface area contributed by atoms with Crippen LogP contribution in [0.15, 0.2) is 78.9 Å². The highest BCUT2D eigenvalue weighted by Gasteiger charge is 2.08. The second-order valence-electron chi connectivity index (χ2n) is 7.01. The molecule has 2 N–H and O–H groups in total. The van der Waals surface area contributed by atoms with Crippen LogP contribution < -0.4 is 5.32 Å². The van der Waals surface area contributed by atoms with E-state index in [2.05, 4.69) is 20.3 Å². The van der Waals surface area contributed by atoms with Crippen LogP contribution in [0.2, 0.25) is 0 Å². The van der Waals surface area contributed by atoms with Crippen molar-refractivity contribution in [3.05, 3.63) is 101 Å². The first-order chi connectivity index (χ1) is 15.6. The van der Waals surface area contributed by atoms with E-state index in [-0.39, 0.29) is 5.91 Å². The summed E-state index contributed by atoms with van der Waals surface area (Å²) in [6, 6.07) is 22.4. The van der Waals surface area contributed by atoms with Gasteiger partial charge in [0.1, 0.15) is 0 Å². The zero-order valence-corrected chi connectivity index (χ0v) is 17.4. The van der Waals surface area contributed by atoms with Gasteiger partial charge in [-0.05, 0) is 53.6 Å². The Morgan fingerprint density at radius 1 is 0.938 bits per heavy atom. The number of benzene rings is 3. The van der Waals surface area contributed by atoms with E-state index in [0.717, 1.165) is 27.7 Å². The smallest absolute Gasteiger partial charge is 0.330 e. The number of fused-ring (bicyclic) bond motifs is 1. The lowest BCUT2D eigenvalue weighted by Crippen LogP contribution is -2.12. The maximum atomic E-state index is 12.6. The molecule has 158 valence electrons. The summed E-state index contributed by atoms with van der Waals surface area (Å²) in [5, 5.41) is 11.3. The molecular formula is C26H21N3O3. The molecule has 0 fully saturated rings. The van der Waals surface area contributed by atoms with Gasteiger partial charge in [0.2, 0.25) is 0 Å². The number of H-pyrrole nitrogens is 1. The second kappa shape index (κ2) is 9.57. The topological polar surface area (TPSA) is 84.1 Å². The van der Waals surface area contributed by atoms with Crippen LogP contribution in [0.3, 0.4) is 0 Å². The third-order valence-corrected chi connectivity index (χ3v) is 4.90. The maximum absolute atomic E-state index is 12.6. The van der Waals surface area contributed by atoms with Crippen LogP contribution >= 0.6 is 0 Å². The van der Waals surface area contributed by atoms with E-state index in [1.807, 2.05) is 72.8 Å². The predicted octanol–water partition coefficient (Wildman–Crippen LogP) is 5.17. The zero-order valence-electron chi connectivity index (χ0n) is 17.4. The number of anilines is 1. The molecule has 0 spiro atoms. The highest BCUT2D eigenvalue weighted by Crippen LogP contribution is 2.23. The number of methoxy groups -OCH3 is 1. The number of carbonyl (C=O) groups is 2. The number of amides is 1. The van der Waals surface area contributed by atoms with E-state index in [9.17, 15) is 9.59 Å². The fourth-order valence-electron chi connectivity index (χ4n) is 3.22. The van der Waals surface area contributed by atoms with Gasteiger partial charge in [0.25, 0.3) is 5.91 Å². The molecule has 0 radical (unpaired) electrons. The summed E-state index contributed by atoms with van der Waals surface area (Å²) in [5.74, 6) is -0.578. The minimum Gasteiger partial charge on any atom is -0.466 e. The largest absolute Gasteiger partial charge is 0.466 e. The Bertz CT molecular complexity index is 1320. The molecule has 6 nitrogen and oxygen atoms in total. The Labute approximate surface area is 185 Å². The third-order valence-electron chi connectivity index (χ3n) is 4.90. The number of ether oxygens (including phenoxy) is 1. The molecule has 3 aromatic carbocycles. The lowest BCUT2D eigenvalue weighted by Gasteiger charge is -2.08. The first-order valence-corrected chi connectivity index (χ1v) is 10.0. The quantitative estimate of drug-likeness (QED) is 0.331. The van der Waals surface area contributed by atoms with Gasteiger partial charge in [-0.1, -0.05) is 48.5 Å². The highest BCUT2D eigenvalue weighted by atomic mass is 16.5. The van der Waals surface area contributed by atoms with Crippen LogP contribution in [0.1, 0.15) is 27.2 Å². The van der Waals surface area contributed by atoms with Gasteiger partial charge in [0.15, 0.2) is 0 Å². The van der Waals surface area contributed by atoms with Crippen LogP contribution in [0.25, 0.3) is 29.1 Å². The number of rotatable bonds is 6. The second-order valence-corrected chi connectivity index (χ2v) is 7.01. The average Bonchev–Trinajstić information content (AvgIpc) is 3.24. The first kappa shape index (κ1) is 20.8. The fourth-order valence-corrected chi connectivity index (χ4v) is 3.22. The van der Waals surface area contributed by atoms with Crippen molar-refractivity contribution in [2.24, 2.45) is 0 Å². The van der Waals surface area contributed by atoms with Crippen LogP contribution in [-0.2, 0) is 9.53 Å². The maximum Gasteiger partial charge on any atom is 0.330 e. The zero-order chi connectivity index (χ0) is 22.3. The van der Waals surface area contributed by atoms with Gasteiger partial charge in [-0.15, -0.1) is 0 Å². The lowest BCUT2D eigenvalue weighted by atomic mass is 10.1. The number of aromatic nitrogens is 2. The van der Waals surface area contributed by atoms with E-state index >= 15 is 0 Å². The van der Waals surface area contributed by atoms with E-state index in [0.29, 0.717) is 11.3 Å². The number of carbonyl (C=O) groups excluding carboxylic acids is 2. The number of hydrogen-bond donors (Lipinski definition) is 2. The number of nitrogens with one attached hydrogen (secondary N) is 2. The molecule has 1 heterocycles. The summed E-state index contributed by atoms with van der Waals surface area (Å²) in [7, 11) is 1.34. The number of hydrogen-bond acceptors (Lipinski definition) is 4. The van der Waals surface area contributed by atoms with Crippen molar-refractivity contribution in [3.63, 3.8) is 0 Å². The number of esters is 1. The molecule has 0 saturated carbocycles. The normalized spacial score (nSPS) is 11.3. The molecular weight excluding hydrogens is 402 g/mol. The summed E-state index contributed by atoms with van der Waals surface area (Å²) in [6.45, 7) is 0. The summed E-state index contributed by atoms with van der Waals surface area (Å²) in [4.78, 5) is 23.9. The van der Waals surface area contributed by atoms with Gasteiger partial charge in [-0.25, -0.2) is 4.79 Å². The molecule has 32 heavy (non-hydrogen) atoms. The standard InChI is InChI=1S/C26H21N3O3/c1-32-25(30)16-12-18-11-14-23-21(17-18)24(29-28-23)15-13-19-7-5-6-10-22(19)27-26(31)20-8-3-2-4-9-20/h2-17H,1H3,(H,27,31)(H,28,29)/b15-13+,16-12+. The molecule has 1 amide bonds. The Morgan fingerprint density at radius 3 is 2.53 bits per heavy atom. The van der Waals surface area contributed by atoms with Crippen LogP contribution in [0, 0.1) is 0 Å². The Balaban J connectivity index is 1.59. The predicted molar refractivity (Wildman–Crippen MR) is 127 cm³/mol. The van der Waals surface area contributed by atoms with E-state index in [1.165, 1.54) is 13.2 Å². The van der Waals surface area contributed by atoms with Crippen molar-refractivity contribution in [2.75, 3.05) is 12.4 Å². The van der Waals surface area contributed by atoms with E-state index in [1.54, 1.807) is 18.2 Å². The average molecular weight is 423 g/mol. The summed E-state index contributed by atoms with van der Waals surface area (Å²) in [6.07, 6.45) is 6.87. The number of aromatic amines is 1. The first-order valence-electron chi connectivity index (χ1n) is 10.0. The Morgan fingerprint density at radius 2 is 1.72 bits per heavy atom. The van der Waals surface area contributed by atoms with Crippen molar-refractivity contribution in [2.45, 2.75) is 0 Å². The van der Waals surface area contributed by atoms with Crippen molar-refractivity contribution >= 4 is 46.7 Å². The molecule has 0 aliphatic heterocycles. The minimum atomic E-state index is -0.411. The molecule has 0 unspecified atom stereocenters. The molecule has 1 aromatic heterocycles. The SMILES string of the molecule is COC(=O)/C=C/c1ccc2[nH]nc(/C=C/c3ccccc3NC(=O)c3ccccc3)c2c1. The lowest BCUT2D eigenvalue weighted by molar-refractivity contribution is -0.134. The monoisotopic (exact) mass is 423 g/mol. The van der Waals surface area contributed by atoms with Gasteiger partial charge in [0.05, 0.1) is 18.3 Å². The van der Waals surface area contributed by atoms with E-state index < -0.39 is 5.97 Å². The Hall–Kier alpha value is -4.45. The molecule has 0 atom stereocenters. The molecule has 4 rings (SSSR count). The number of para-hydroxylation sites is 1. The van der Waals surface area contributed by atoms with Gasteiger partial charge in [0, 0.05) is 22.7 Å². The van der Waals surface area contributed by atoms with Gasteiger partial charge >= 0.3 is 5.97 Å². The van der Waals surface area contributed by atoms with Gasteiger partial charge in [-0.3, -0.25) is 9.89 Å². The Kier molecular flexibility index (Phi) is 6.22. The third kappa shape index (κ3) is 4.82. The molecule has 4 aromatic rings. The van der Waals surface area contributed by atoms with E-state index in [4.69, 9.17) is 0 Å². The number of nitrogens with zero attached hydrogens (tertiary/aromatic N) is 1. The summed E-state index contributed by atoms with van der Waals surface area (Å²) in [5.41, 5.74) is 4.64. The highest BCUT2D eigenvalue weighted by molar-refractivity contribution is 6.05. The van der Waals surface area contributed by atoms with Crippen molar-refractivity contribution in [3.8, 4) is 0 Å². The molecule has 6 heteroatoms. The molecule has 0 aliphatic carbocycles. The molecule has 0 aliphatic rings. The van der Waals surface area contributed by atoms with Crippen LogP contribution in [-0.4, -0.2) is 29.2 Å². The van der Waals surface area contributed by atoms with Gasteiger partial charge in [-0.2, -0.15) is 5.10 Å². The molecule has 0 saturated heterocycles. The minimum absolute atomic E-state index is 0.168. The summed E-state index contributed by atoms with van der Waals surface area (Å²) < 4.78 is 4.64. The van der Waals surface area contributed by atoms with Crippen LogP contribution in [0.4, 0.5) is 5.69 Å². The van der Waals surface area contributed by atoms with Crippen molar-refractivity contribution < 1.29 is 14.3 Å². The fraction of sp³-hybridized carbons (Fsp3) is 0.0385. The van der Waals surface area contributed by atoms with Crippen molar-refractivity contribution in [1.29, 1.82) is 0 Å². The molecule has 0 bridgehead atoms. The van der Waals surface area contributed by atoms with Crippen LogP contribution in [0.5, 0.6) is 0 Å². The van der Waals surface area contributed by atoms with Crippen molar-refractivity contribution in [1.82, 2.24) is 10.2 Å².